The fraction of sp³-hybridized carbons (Fsp3) is 0.600. The van der Waals surface area contributed by atoms with Crippen molar-refractivity contribution in [2.75, 3.05) is 18.5 Å². The van der Waals surface area contributed by atoms with E-state index in [9.17, 15) is 0 Å². The molecule has 0 radical (unpaired) electrons. The van der Waals surface area contributed by atoms with Crippen LogP contribution in [0.1, 0.15) is 26.7 Å². The molecule has 0 amide bonds. The molecule has 0 aromatic heterocycles. The van der Waals surface area contributed by atoms with E-state index in [2.05, 4.69) is 47.2 Å². The molecule has 1 aromatic rings. The summed E-state index contributed by atoms with van der Waals surface area (Å²) in [6.45, 7) is 5.83. The van der Waals surface area contributed by atoms with E-state index in [4.69, 9.17) is 10.5 Å². The van der Waals surface area contributed by atoms with Crippen LogP contribution in [-0.4, -0.2) is 24.8 Å². The minimum atomic E-state index is -0.0407. The van der Waals surface area contributed by atoms with Crippen LogP contribution < -0.4 is 11.1 Å². The quantitative estimate of drug-likeness (QED) is 0.891. The maximum absolute atomic E-state index is 6.05. The highest BCUT2D eigenvalue weighted by Gasteiger charge is 2.36. The van der Waals surface area contributed by atoms with Crippen LogP contribution in [0.15, 0.2) is 28.7 Å². The Hall–Kier alpha value is -0.580. The van der Waals surface area contributed by atoms with Gasteiger partial charge in [0.1, 0.15) is 0 Å². The van der Waals surface area contributed by atoms with E-state index in [-0.39, 0.29) is 5.54 Å². The third-order valence-electron chi connectivity index (χ3n) is 3.89. The first-order chi connectivity index (χ1) is 9.04. The zero-order valence-corrected chi connectivity index (χ0v) is 13.2. The van der Waals surface area contributed by atoms with Gasteiger partial charge < -0.3 is 15.8 Å². The van der Waals surface area contributed by atoms with Gasteiger partial charge in [0.2, 0.25) is 0 Å². The van der Waals surface area contributed by atoms with E-state index in [1.807, 2.05) is 12.1 Å². The predicted molar refractivity (Wildman–Crippen MR) is 83.4 cm³/mol. The van der Waals surface area contributed by atoms with E-state index >= 15 is 0 Å². The van der Waals surface area contributed by atoms with Gasteiger partial charge in [0.05, 0.1) is 11.6 Å². The lowest BCUT2D eigenvalue weighted by Crippen LogP contribution is -2.53. The molecule has 3 N–H and O–H groups in total. The second kappa shape index (κ2) is 6.25. The van der Waals surface area contributed by atoms with Crippen LogP contribution in [0.4, 0.5) is 5.69 Å². The highest BCUT2D eigenvalue weighted by molar-refractivity contribution is 9.10. The first-order valence-corrected chi connectivity index (χ1v) is 7.69. The van der Waals surface area contributed by atoms with Crippen LogP contribution >= 0.6 is 15.9 Å². The summed E-state index contributed by atoms with van der Waals surface area (Å²) >= 11 is 3.46. The largest absolute Gasteiger partial charge is 0.378 e. The monoisotopic (exact) mass is 326 g/mol. The van der Waals surface area contributed by atoms with Crippen molar-refractivity contribution in [3.8, 4) is 0 Å². The number of nitrogens with one attached hydrogen (secondary N) is 1. The molecule has 0 spiro atoms. The molecule has 0 aliphatic carbocycles. The van der Waals surface area contributed by atoms with Crippen LogP contribution in [0.25, 0.3) is 0 Å². The zero-order chi connectivity index (χ0) is 13.9. The lowest BCUT2D eigenvalue weighted by atomic mass is 9.83. The fourth-order valence-electron chi connectivity index (χ4n) is 2.57. The van der Waals surface area contributed by atoms with Crippen molar-refractivity contribution >= 4 is 21.6 Å². The second-order valence-corrected chi connectivity index (χ2v) is 6.64. The molecule has 2 unspecified atom stereocenters. The van der Waals surface area contributed by atoms with Gasteiger partial charge in [-0.3, -0.25) is 0 Å². The summed E-state index contributed by atoms with van der Waals surface area (Å²) in [5.74, 6) is 0.526. The lowest BCUT2D eigenvalue weighted by molar-refractivity contribution is -0.0357. The Labute approximate surface area is 124 Å². The van der Waals surface area contributed by atoms with Crippen molar-refractivity contribution in [2.24, 2.45) is 11.7 Å². The van der Waals surface area contributed by atoms with Crippen LogP contribution in [0.3, 0.4) is 0 Å². The number of nitrogens with two attached hydrogens (primary N) is 1. The number of hydrogen-bond donors (Lipinski definition) is 2. The van der Waals surface area contributed by atoms with Gasteiger partial charge in [0.25, 0.3) is 0 Å². The summed E-state index contributed by atoms with van der Waals surface area (Å²) in [6.07, 6.45) is 2.22. The Balaban J connectivity index is 2.11. The van der Waals surface area contributed by atoms with Gasteiger partial charge in [-0.25, -0.2) is 0 Å². The molecular formula is C15H23BrN2O. The smallest absolute Gasteiger partial charge is 0.0620 e. The number of rotatable bonds is 4. The molecule has 106 valence electrons. The third kappa shape index (κ3) is 3.71. The fourth-order valence-corrected chi connectivity index (χ4v) is 2.83. The predicted octanol–water partition coefficient (Wildman–Crippen LogP) is 3.39. The van der Waals surface area contributed by atoms with Crippen molar-refractivity contribution in [3.63, 3.8) is 0 Å². The van der Waals surface area contributed by atoms with E-state index in [1.54, 1.807) is 0 Å². The van der Waals surface area contributed by atoms with Crippen LogP contribution in [0.2, 0.25) is 0 Å². The van der Waals surface area contributed by atoms with E-state index in [1.165, 1.54) is 0 Å². The Kier molecular flexibility index (Phi) is 4.87. The van der Waals surface area contributed by atoms with Gasteiger partial charge in [-0.15, -0.1) is 0 Å². The average molecular weight is 327 g/mol. The summed E-state index contributed by atoms with van der Waals surface area (Å²) in [5.41, 5.74) is 7.13. The Morgan fingerprint density at radius 3 is 2.68 bits per heavy atom. The zero-order valence-electron chi connectivity index (χ0n) is 11.7. The first kappa shape index (κ1) is 14.8. The molecule has 19 heavy (non-hydrogen) atoms. The van der Waals surface area contributed by atoms with Gasteiger partial charge in [-0.1, -0.05) is 29.8 Å². The Morgan fingerprint density at radius 2 is 2.11 bits per heavy atom. The summed E-state index contributed by atoms with van der Waals surface area (Å²) in [7, 11) is 0. The van der Waals surface area contributed by atoms with E-state index in [0.717, 1.165) is 29.6 Å². The molecule has 1 saturated heterocycles. The summed E-state index contributed by atoms with van der Waals surface area (Å²) in [5, 5.41) is 3.63. The highest BCUT2D eigenvalue weighted by atomic mass is 79.9. The second-order valence-electron chi connectivity index (χ2n) is 5.72. The van der Waals surface area contributed by atoms with Crippen molar-refractivity contribution < 1.29 is 4.74 Å². The average Bonchev–Trinajstić information content (AvgIpc) is 2.42. The molecule has 2 rings (SSSR count). The van der Waals surface area contributed by atoms with Gasteiger partial charge in [0, 0.05) is 23.3 Å². The summed E-state index contributed by atoms with van der Waals surface area (Å²) in [4.78, 5) is 0. The summed E-state index contributed by atoms with van der Waals surface area (Å²) in [6, 6.07) is 8.26. The molecule has 3 nitrogen and oxygen atoms in total. The maximum Gasteiger partial charge on any atom is 0.0620 e. The number of hydrogen-bond acceptors (Lipinski definition) is 3. The van der Waals surface area contributed by atoms with Crippen molar-refractivity contribution in [1.29, 1.82) is 0 Å². The number of ether oxygens (including phenoxy) is 1. The Morgan fingerprint density at radius 1 is 1.42 bits per heavy atom. The maximum atomic E-state index is 6.05. The molecule has 1 aliphatic heterocycles. The minimum Gasteiger partial charge on any atom is -0.378 e. The van der Waals surface area contributed by atoms with Crippen molar-refractivity contribution in [3.05, 3.63) is 28.7 Å². The topological polar surface area (TPSA) is 47.3 Å². The van der Waals surface area contributed by atoms with Gasteiger partial charge in [0.15, 0.2) is 0 Å². The lowest BCUT2D eigenvalue weighted by Gasteiger charge is -2.42. The van der Waals surface area contributed by atoms with Crippen LogP contribution in [0, 0.1) is 5.92 Å². The molecule has 0 bridgehead atoms. The van der Waals surface area contributed by atoms with Gasteiger partial charge >= 0.3 is 0 Å². The molecule has 4 heteroatoms. The SMILES string of the molecule is CC(C)C1CC(CN)(Nc2ccc(Br)cc2)CCO1. The minimum absolute atomic E-state index is 0.0407. The summed E-state index contributed by atoms with van der Waals surface area (Å²) < 4.78 is 6.94. The molecule has 1 aromatic carbocycles. The normalized spacial score (nSPS) is 27.5. The number of anilines is 1. The molecule has 1 heterocycles. The van der Waals surface area contributed by atoms with Gasteiger partial charge in [-0.05, 0) is 43.0 Å². The van der Waals surface area contributed by atoms with E-state index in [0.29, 0.717) is 18.6 Å². The van der Waals surface area contributed by atoms with Crippen LogP contribution in [0.5, 0.6) is 0 Å². The molecule has 1 fully saturated rings. The molecule has 2 atom stereocenters. The van der Waals surface area contributed by atoms with E-state index < -0.39 is 0 Å². The van der Waals surface area contributed by atoms with Crippen LogP contribution in [-0.2, 0) is 4.74 Å². The van der Waals surface area contributed by atoms with Crippen molar-refractivity contribution in [1.82, 2.24) is 0 Å². The highest BCUT2D eigenvalue weighted by Crippen LogP contribution is 2.31. The Bertz CT molecular complexity index is 407. The standard InChI is InChI=1S/C15H23BrN2O/c1-11(2)14-9-15(10-17,7-8-19-14)18-13-5-3-12(16)4-6-13/h3-6,11,14,18H,7-10,17H2,1-2H3. The van der Waals surface area contributed by atoms with Crippen molar-refractivity contribution in [2.45, 2.75) is 38.3 Å². The molecule has 1 aliphatic rings. The number of benzene rings is 1. The molecule has 0 saturated carbocycles. The number of halogens is 1. The molecular weight excluding hydrogens is 304 g/mol. The first-order valence-electron chi connectivity index (χ1n) is 6.90. The van der Waals surface area contributed by atoms with Gasteiger partial charge in [-0.2, -0.15) is 0 Å². The third-order valence-corrected chi connectivity index (χ3v) is 4.42.